The number of pyridine rings is 1. The summed E-state index contributed by atoms with van der Waals surface area (Å²) in [6.45, 7) is 55.0. The van der Waals surface area contributed by atoms with E-state index in [1.807, 2.05) is 235 Å². The minimum Gasteiger partial charge on any atom is -0.464 e. The van der Waals surface area contributed by atoms with Crippen LogP contribution in [-0.4, -0.2) is 47.1 Å². The molecule has 0 unspecified atom stereocenters. The molecule has 94 heavy (non-hydrogen) atoms. The first-order valence-corrected chi connectivity index (χ1v) is 34.3. The summed E-state index contributed by atoms with van der Waals surface area (Å²) < 4.78 is 16.7. The summed E-state index contributed by atoms with van der Waals surface area (Å²) in [5.41, 5.74) is 18.7. The van der Waals surface area contributed by atoms with Gasteiger partial charge in [0.05, 0.1) is 39.4 Å². The van der Waals surface area contributed by atoms with E-state index in [0.29, 0.717) is 6.79 Å². The molecule has 11 nitrogen and oxygen atoms in total. The molecular weight excluding hydrogens is 1180 g/mol. The van der Waals surface area contributed by atoms with Crippen molar-refractivity contribution >= 4 is 43.4 Å². The van der Waals surface area contributed by atoms with Crippen LogP contribution < -0.4 is 9.47 Å². The maximum absolute atomic E-state index is 5.17. The summed E-state index contributed by atoms with van der Waals surface area (Å²) in [6, 6.07) is 53.1. The summed E-state index contributed by atoms with van der Waals surface area (Å²) in [5.74, 6) is 1.71. The number of furan rings is 1. The van der Waals surface area contributed by atoms with Gasteiger partial charge in [0.1, 0.15) is 11.9 Å². The third kappa shape index (κ3) is 43.7. The minimum atomic E-state index is 0.360. The van der Waals surface area contributed by atoms with E-state index >= 15 is 0 Å². The van der Waals surface area contributed by atoms with Crippen molar-refractivity contribution in [3.63, 3.8) is 0 Å². The van der Waals surface area contributed by atoms with Crippen LogP contribution in [0.15, 0.2) is 217 Å². The zero-order valence-electron chi connectivity index (χ0n) is 62.6. The van der Waals surface area contributed by atoms with E-state index in [1.54, 1.807) is 48.6 Å². The number of aromatic nitrogens is 8. The topological polar surface area (TPSA) is 135 Å². The van der Waals surface area contributed by atoms with Crippen LogP contribution in [0.3, 0.4) is 0 Å². The van der Waals surface area contributed by atoms with Crippen LogP contribution in [0, 0.1) is 76.2 Å². The number of fused-ring (bicyclic) bond motifs is 4. The maximum atomic E-state index is 5.17. The van der Waals surface area contributed by atoms with Gasteiger partial charge in [0.2, 0.25) is 6.79 Å². The normalized spacial score (nSPS) is 8.93. The molecule has 7 heterocycles. The number of hydrogen-bond acceptors (Lipinski definition) is 12. The second-order valence-corrected chi connectivity index (χ2v) is 19.2. The monoisotopic (exact) mass is 1290 g/mol. The van der Waals surface area contributed by atoms with Crippen molar-refractivity contribution in [2.45, 2.75) is 187 Å². The first-order valence-electron chi connectivity index (χ1n) is 33.4. The fourth-order valence-electron chi connectivity index (χ4n) is 6.79. The molecule has 12 aromatic rings. The molecule has 510 valence electrons. The maximum Gasteiger partial charge on any atom is 0.231 e. The van der Waals surface area contributed by atoms with Gasteiger partial charge < -0.3 is 13.9 Å². The second-order valence-electron chi connectivity index (χ2n) is 18.3. The van der Waals surface area contributed by atoms with E-state index in [4.69, 9.17) is 13.9 Å². The van der Waals surface area contributed by atoms with Crippen LogP contribution in [0.2, 0.25) is 0 Å². The zero-order valence-corrected chi connectivity index (χ0v) is 63.4. The highest BCUT2D eigenvalue weighted by atomic mass is 32.1. The van der Waals surface area contributed by atoms with Crippen LogP contribution >= 0.6 is 11.3 Å². The molecule has 0 radical (unpaired) electrons. The summed E-state index contributed by atoms with van der Waals surface area (Å²) in [7, 11) is 0. The number of nitrogens with zero attached hydrogens (tertiary/aromatic N) is 8. The highest BCUT2D eigenvalue weighted by molar-refractivity contribution is 7.16. The molecule has 0 N–H and O–H groups in total. The average Bonchev–Trinajstić information content (AvgIpc) is 1.65. The lowest BCUT2D eigenvalue weighted by Crippen LogP contribution is -1.92. The van der Waals surface area contributed by atoms with Gasteiger partial charge in [-0.25, -0.2) is 15.0 Å². The van der Waals surface area contributed by atoms with Crippen molar-refractivity contribution in [2.24, 2.45) is 0 Å². The molecule has 0 saturated heterocycles. The predicted octanol–water partition coefficient (Wildman–Crippen LogP) is 24.8. The highest BCUT2D eigenvalue weighted by Crippen LogP contribution is 2.32. The van der Waals surface area contributed by atoms with Gasteiger partial charge in [-0.3, -0.25) is 4.98 Å². The SMILES string of the molecule is CC.CC.CC.CC.CC.CC.CC.CC.Cc1ccc(C)c(C)c1.Cc1ccc2c(c1)OCO2.Cc1ccc2ncccc2c1.Cc1ccc2occc2c1.Cc1ccc2scnc2c1.Cc1ccccc1.Cc1cccnn1.Cc1ccnnc1.Cc1cncnc1. The van der Waals surface area contributed by atoms with Gasteiger partial charge in [0, 0.05) is 41.8 Å². The van der Waals surface area contributed by atoms with Crippen LogP contribution in [-0.2, 0) is 0 Å². The van der Waals surface area contributed by atoms with E-state index in [1.165, 1.54) is 66.3 Å². The standard InChI is InChI=1S/C10H9N.C9H8O.C9H12.C8H7NS.C8H8O2.C7H8.3C5H6N2.8C2H6/c1-8-4-5-10-9(7-8)3-2-6-11-10;1-7-2-3-9-8(6-7)4-5-10-9;1-7-4-5-8(2)9(3)6-7;1-6-2-3-8-7(4-6)9-5-10-8;1-6-2-3-7-8(4-6)10-5-9-7;1-7-5-3-2-4-6-7;1-5-2-6-4-7-3-5;1-5-2-3-6-7-4-5;1-5-3-2-4-6-7-5;8*1-2/h2-7H,1H3;2-6H,1H3;4-6H,1-3H3;2-5H,1H3;2-4H,5H2,1H3;2-6H,1H3;3*2-4H,1H3;8*1-2H3. The molecule has 6 aromatic heterocycles. The predicted molar refractivity (Wildman–Crippen MR) is 412 cm³/mol. The molecule has 0 fully saturated rings. The van der Waals surface area contributed by atoms with E-state index in [-0.39, 0.29) is 0 Å². The molecule has 0 amide bonds. The van der Waals surface area contributed by atoms with Gasteiger partial charge in [-0.2, -0.15) is 20.4 Å². The van der Waals surface area contributed by atoms with Gasteiger partial charge in [0.25, 0.3) is 0 Å². The molecule has 0 saturated carbocycles. The molecule has 0 atom stereocenters. The first kappa shape index (κ1) is 91.4. The van der Waals surface area contributed by atoms with Gasteiger partial charge in [-0.15, -0.1) is 11.3 Å². The molecule has 6 aromatic carbocycles. The van der Waals surface area contributed by atoms with Gasteiger partial charge >= 0.3 is 0 Å². The molecule has 0 bridgehead atoms. The number of rotatable bonds is 0. The number of ether oxygens (including phenoxy) is 2. The Bertz CT molecular complexity index is 3360. The Morgan fingerprint density at radius 3 is 1.41 bits per heavy atom. The second kappa shape index (κ2) is 62.8. The molecule has 1 aliphatic heterocycles. The van der Waals surface area contributed by atoms with E-state index in [2.05, 4.69) is 162 Å². The van der Waals surface area contributed by atoms with Gasteiger partial charge in [-0.1, -0.05) is 212 Å². The number of thiazole rings is 1. The fourth-order valence-corrected chi connectivity index (χ4v) is 7.45. The van der Waals surface area contributed by atoms with Crippen molar-refractivity contribution in [1.29, 1.82) is 0 Å². The largest absolute Gasteiger partial charge is 0.464 e. The lowest BCUT2D eigenvalue weighted by Gasteiger charge is -1.98. The molecule has 0 spiro atoms. The fraction of sp³-hybridized carbons (Fsp3) is 0.341. The first-order chi connectivity index (χ1) is 45.7. The van der Waals surface area contributed by atoms with E-state index in [0.717, 1.165) is 44.9 Å². The van der Waals surface area contributed by atoms with Crippen LogP contribution in [0.1, 0.15) is 172 Å². The lowest BCUT2D eigenvalue weighted by atomic mass is 10.1. The Morgan fingerprint density at radius 2 is 0.904 bits per heavy atom. The third-order valence-corrected chi connectivity index (χ3v) is 11.9. The Hall–Kier alpha value is -9.00. The third-order valence-electron chi connectivity index (χ3n) is 11.1. The molecular formula is C82H118N8O3S. The minimum absolute atomic E-state index is 0.360. The molecule has 1 aliphatic rings. The quantitative estimate of drug-likeness (QED) is 0.144. The smallest absolute Gasteiger partial charge is 0.231 e. The number of aryl methyl sites for hydroxylation is 11. The van der Waals surface area contributed by atoms with Crippen molar-refractivity contribution in [1.82, 2.24) is 40.3 Å². The summed E-state index contributed by atoms with van der Waals surface area (Å²) >= 11 is 1.68. The van der Waals surface area contributed by atoms with Crippen molar-refractivity contribution in [3.05, 3.63) is 274 Å². The molecule has 0 aliphatic carbocycles. The molecule has 13 rings (SSSR count). The van der Waals surface area contributed by atoms with Crippen molar-refractivity contribution in [2.75, 3.05) is 6.79 Å². The van der Waals surface area contributed by atoms with Crippen LogP contribution in [0.5, 0.6) is 11.5 Å². The number of benzene rings is 6. The molecule has 12 heteroatoms. The Kier molecular flexibility index (Phi) is 61.1. The summed E-state index contributed by atoms with van der Waals surface area (Å²) in [4.78, 5) is 16.0. The number of hydrogen-bond donors (Lipinski definition) is 0. The lowest BCUT2D eigenvalue weighted by molar-refractivity contribution is 0.174. The van der Waals surface area contributed by atoms with Gasteiger partial charge in [0.15, 0.2) is 11.5 Å². The van der Waals surface area contributed by atoms with E-state index in [9.17, 15) is 0 Å². The Labute approximate surface area is 574 Å². The highest BCUT2D eigenvalue weighted by Gasteiger charge is 2.11. The van der Waals surface area contributed by atoms with E-state index < -0.39 is 0 Å². The zero-order chi connectivity index (χ0) is 71.9. The Morgan fingerprint density at radius 1 is 0.351 bits per heavy atom. The van der Waals surface area contributed by atoms with Crippen LogP contribution in [0.4, 0.5) is 0 Å². The Balaban J connectivity index is -0.000000473. The van der Waals surface area contributed by atoms with Crippen molar-refractivity contribution < 1.29 is 13.9 Å². The average molecular weight is 1300 g/mol. The summed E-state index contributed by atoms with van der Waals surface area (Å²) in [6.07, 6.45) is 13.6. The van der Waals surface area contributed by atoms with Crippen molar-refractivity contribution in [3.8, 4) is 11.5 Å². The summed E-state index contributed by atoms with van der Waals surface area (Å²) in [5, 5.41) is 17.0. The van der Waals surface area contributed by atoms with Crippen LogP contribution in [0.25, 0.3) is 32.1 Å². The van der Waals surface area contributed by atoms with Gasteiger partial charge in [-0.05, 0) is 188 Å².